The molecule has 0 unspecified atom stereocenters. The number of aliphatic carboxylic acids is 1. The summed E-state index contributed by atoms with van der Waals surface area (Å²) in [6.07, 6.45) is 3.78. The van der Waals surface area contributed by atoms with Crippen molar-refractivity contribution in [3.8, 4) is 0 Å². The number of carboxylic acids is 1. The third kappa shape index (κ3) is 4.12. The highest BCUT2D eigenvalue weighted by atomic mass is 16.4. The van der Waals surface area contributed by atoms with Crippen LogP contribution < -0.4 is 4.90 Å². The van der Waals surface area contributed by atoms with Gasteiger partial charge in [-0.15, -0.1) is 0 Å². The number of hydrogen-bond donors (Lipinski definition) is 1. The summed E-state index contributed by atoms with van der Waals surface area (Å²) in [5.41, 5.74) is 2.24. The van der Waals surface area contributed by atoms with E-state index in [0.29, 0.717) is 6.54 Å². The Hall–Kier alpha value is -2.30. The van der Waals surface area contributed by atoms with Crippen molar-refractivity contribution < 1.29 is 9.90 Å². The maximum Gasteiger partial charge on any atom is 0.305 e. The quantitative estimate of drug-likeness (QED) is 0.840. The summed E-state index contributed by atoms with van der Waals surface area (Å²) in [6, 6.07) is 10.0. The van der Waals surface area contributed by atoms with Gasteiger partial charge in [-0.25, -0.2) is 0 Å². The van der Waals surface area contributed by atoms with Crippen LogP contribution in [-0.2, 0) is 11.3 Å². The van der Waals surface area contributed by atoms with E-state index in [1.165, 1.54) is 5.56 Å². The number of nitrogens with zero attached hydrogens (tertiary/aromatic N) is 3. The van der Waals surface area contributed by atoms with E-state index in [1.807, 2.05) is 48.1 Å². The molecule has 0 aliphatic heterocycles. The smallest absolute Gasteiger partial charge is 0.305 e. The van der Waals surface area contributed by atoms with Gasteiger partial charge >= 0.3 is 5.97 Å². The number of anilines is 1. The summed E-state index contributed by atoms with van der Waals surface area (Å²) >= 11 is 0. The van der Waals surface area contributed by atoms with Crippen LogP contribution in [0.25, 0.3) is 0 Å². The van der Waals surface area contributed by atoms with Crippen molar-refractivity contribution in [1.29, 1.82) is 0 Å². The number of aromatic nitrogens is 2. The van der Waals surface area contributed by atoms with Crippen molar-refractivity contribution >= 4 is 11.7 Å². The molecule has 0 spiro atoms. The molecule has 1 aromatic carbocycles. The number of hydrogen-bond acceptors (Lipinski definition) is 3. The Morgan fingerprint density at radius 1 is 1.30 bits per heavy atom. The minimum atomic E-state index is -0.777. The fourth-order valence-electron chi connectivity index (χ4n) is 2.01. The van der Waals surface area contributed by atoms with Gasteiger partial charge in [-0.05, 0) is 25.1 Å². The average Bonchev–Trinajstić information content (AvgIpc) is 2.93. The lowest BCUT2D eigenvalue weighted by Crippen LogP contribution is -2.29. The van der Waals surface area contributed by atoms with Gasteiger partial charge in [-0.2, -0.15) is 5.10 Å². The number of aryl methyl sites for hydroxylation is 1. The number of carbonyl (C=O) groups is 1. The minimum absolute atomic E-state index is 0.132. The number of rotatable bonds is 7. The minimum Gasteiger partial charge on any atom is -0.481 e. The van der Waals surface area contributed by atoms with Gasteiger partial charge in [0.1, 0.15) is 0 Å². The molecule has 2 aromatic rings. The van der Waals surface area contributed by atoms with E-state index in [1.54, 1.807) is 6.20 Å². The lowest BCUT2D eigenvalue weighted by molar-refractivity contribution is -0.136. The van der Waals surface area contributed by atoms with Gasteiger partial charge in [-0.1, -0.05) is 17.7 Å². The monoisotopic (exact) mass is 273 g/mol. The van der Waals surface area contributed by atoms with E-state index >= 15 is 0 Å². The van der Waals surface area contributed by atoms with Crippen molar-refractivity contribution in [1.82, 2.24) is 9.78 Å². The van der Waals surface area contributed by atoms with E-state index in [0.717, 1.165) is 18.8 Å². The van der Waals surface area contributed by atoms with Gasteiger partial charge in [0.2, 0.25) is 0 Å². The maximum atomic E-state index is 10.8. The highest BCUT2D eigenvalue weighted by Gasteiger charge is 2.09. The van der Waals surface area contributed by atoms with Gasteiger partial charge in [-0.3, -0.25) is 9.48 Å². The third-order valence-corrected chi connectivity index (χ3v) is 3.15. The predicted molar refractivity (Wildman–Crippen MR) is 77.9 cm³/mol. The van der Waals surface area contributed by atoms with Gasteiger partial charge in [0.25, 0.3) is 0 Å². The largest absolute Gasteiger partial charge is 0.481 e. The van der Waals surface area contributed by atoms with Crippen LogP contribution >= 0.6 is 0 Å². The Bertz CT molecular complexity index is 535. The Morgan fingerprint density at radius 2 is 2.05 bits per heavy atom. The number of carboxylic acid groups (broad SMARTS) is 1. The first-order chi connectivity index (χ1) is 9.65. The molecule has 20 heavy (non-hydrogen) atoms. The van der Waals surface area contributed by atoms with Crippen LogP contribution in [0.4, 0.5) is 5.69 Å². The van der Waals surface area contributed by atoms with Crippen molar-refractivity contribution in [2.24, 2.45) is 0 Å². The van der Waals surface area contributed by atoms with Crippen LogP contribution in [-0.4, -0.2) is 33.9 Å². The SMILES string of the molecule is Cc1ccc(N(CCC(=O)O)CCn2cccn2)cc1. The molecule has 106 valence electrons. The predicted octanol–water partition coefficient (Wildman–Crippen LogP) is 2.17. The van der Waals surface area contributed by atoms with E-state index in [2.05, 4.69) is 10.00 Å². The Labute approximate surface area is 118 Å². The van der Waals surface area contributed by atoms with Crippen molar-refractivity contribution in [2.75, 3.05) is 18.0 Å². The molecule has 0 aliphatic carbocycles. The molecular weight excluding hydrogens is 254 g/mol. The molecular formula is C15H19N3O2. The summed E-state index contributed by atoms with van der Waals surface area (Å²) in [7, 11) is 0. The first kappa shape index (κ1) is 14.1. The third-order valence-electron chi connectivity index (χ3n) is 3.15. The molecule has 0 radical (unpaired) electrons. The second-order valence-electron chi connectivity index (χ2n) is 4.74. The lowest BCUT2D eigenvalue weighted by atomic mass is 10.2. The average molecular weight is 273 g/mol. The van der Waals surface area contributed by atoms with Crippen LogP contribution in [0.15, 0.2) is 42.7 Å². The molecule has 0 saturated heterocycles. The molecule has 5 heteroatoms. The standard InChI is InChI=1S/C15H19N3O2/c1-13-3-5-14(6-4-13)17(10-7-15(19)20)11-12-18-9-2-8-16-18/h2-6,8-9H,7,10-12H2,1H3,(H,19,20). The summed E-state index contributed by atoms with van der Waals surface area (Å²) in [4.78, 5) is 12.9. The molecule has 2 rings (SSSR count). The van der Waals surface area contributed by atoms with Gasteiger partial charge in [0.15, 0.2) is 0 Å². The molecule has 1 N–H and O–H groups in total. The Kier molecular flexibility index (Phi) is 4.76. The van der Waals surface area contributed by atoms with E-state index in [9.17, 15) is 4.79 Å². The second-order valence-corrected chi connectivity index (χ2v) is 4.74. The molecule has 5 nitrogen and oxygen atoms in total. The van der Waals surface area contributed by atoms with E-state index < -0.39 is 5.97 Å². The fourth-order valence-corrected chi connectivity index (χ4v) is 2.01. The molecule has 0 bridgehead atoms. The summed E-state index contributed by atoms with van der Waals surface area (Å²) in [5, 5.41) is 13.0. The molecule has 1 heterocycles. The van der Waals surface area contributed by atoms with Crippen LogP contribution in [0.3, 0.4) is 0 Å². The molecule has 0 fully saturated rings. The van der Waals surface area contributed by atoms with Crippen LogP contribution in [0.5, 0.6) is 0 Å². The Morgan fingerprint density at radius 3 is 2.65 bits per heavy atom. The normalized spacial score (nSPS) is 10.4. The lowest BCUT2D eigenvalue weighted by Gasteiger charge is -2.24. The topological polar surface area (TPSA) is 58.4 Å². The Balaban J connectivity index is 2.03. The zero-order chi connectivity index (χ0) is 14.4. The molecule has 0 aliphatic rings. The molecule has 1 aromatic heterocycles. The van der Waals surface area contributed by atoms with Crippen LogP contribution in [0, 0.1) is 6.92 Å². The first-order valence-electron chi connectivity index (χ1n) is 6.66. The van der Waals surface area contributed by atoms with Crippen LogP contribution in [0.2, 0.25) is 0 Å². The molecule has 0 atom stereocenters. The second kappa shape index (κ2) is 6.75. The molecule has 0 saturated carbocycles. The van der Waals surface area contributed by atoms with Crippen molar-refractivity contribution in [3.63, 3.8) is 0 Å². The number of benzene rings is 1. The highest BCUT2D eigenvalue weighted by Crippen LogP contribution is 2.15. The molecule has 0 amide bonds. The van der Waals surface area contributed by atoms with Gasteiger partial charge in [0, 0.05) is 31.2 Å². The zero-order valence-electron chi connectivity index (χ0n) is 11.6. The van der Waals surface area contributed by atoms with E-state index in [-0.39, 0.29) is 6.42 Å². The van der Waals surface area contributed by atoms with Gasteiger partial charge in [0.05, 0.1) is 13.0 Å². The van der Waals surface area contributed by atoms with Crippen molar-refractivity contribution in [3.05, 3.63) is 48.3 Å². The summed E-state index contributed by atoms with van der Waals surface area (Å²) in [6.45, 7) is 4.01. The van der Waals surface area contributed by atoms with Crippen molar-refractivity contribution in [2.45, 2.75) is 19.9 Å². The zero-order valence-corrected chi connectivity index (χ0v) is 11.6. The highest BCUT2D eigenvalue weighted by molar-refractivity contribution is 5.67. The first-order valence-corrected chi connectivity index (χ1v) is 6.66. The van der Waals surface area contributed by atoms with Crippen LogP contribution in [0.1, 0.15) is 12.0 Å². The maximum absolute atomic E-state index is 10.8. The van der Waals surface area contributed by atoms with Gasteiger partial charge < -0.3 is 10.0 Å². The summed E-state index contributed by atoms with van der Waals surface area (Å²) in [5.74, 6) is -0.777. The fraction of sp³-hybridized carbons (Fsp3) is 0.333. The van der Waals surface area contributed by atoms with E-state index in [4.69, 9.17) is 5.11 Å². The summed E-state index contributed by atoms with van der Waals surface area (Å²) < 4.78 is 1.85.